The molecule has 3 heteroatoms. The summed E-state index contributed by atoms with van der Waals surface area (Å²) in [6, 6.07) is 9.88. The van der Waals surface area contributed by atoms with E-state index in [1.807, 2.05) is 42.6 Å². The summed E-state index contributed by atoms with van der Waals surface area (Å²) in [5.74, 6) is 0.194. The van der Waals surface area contributed by atoms with Gasteiger partial charge in [0.15, 0.2) is 0 Å². The van der Waals surface area contributed by atoms with Crippen LogP contribution in [0.4, 0.5) is 0 Å². The monoisotopic (exact) mass is 243 g/mol. The number of Topliss-reactive ketones (excluding diaryl/α,β-unsaturated/α-hetero) is 1. The van der Waals surface area contributed by atoms with Crippen LogP contribution in [0.25, 0.3) is 0 Å². The summed E-state index contributed by atoms with van der Waals surface area (Å²) in [5.41, 5.74) is 1.10. The number of ketones is 1. The molecule has 0 spiro atoms. The zero-order chi connectivity index (χ0) is 12.8. The third-order valence-electron chi connectivity index (χ3n) is 3.01. The Balaban J connectivity index is 2.07. The van der Waals surface area contributed by atoms with Crippen molar-refractivity contribution in [2.75, 3.05) is 0 Å². The Morgan fingerprint density at radius 3 is 2.56 bits per heavy atom. The fourth-order valence-corrected chi connectivity index (χ4v) is 1.97. The molecule has 18 heavy (non-hydrogen) atoms. The van der Waals surface area contributed by atoms with Crippen molar-refractivity contribution in [3.05, 3.63) is 48.2 Å². The van der Waals surface area contributed by atoms with E-state index in [0.29, 0.717) is 25.8 Å². The first-order valence-electron chi connectivity index (χ1n) is 6.27. The Morgan fingerprint density at radius 2 is 1.78 bits per heavy atom. The second-order valence-electron chi connectivity index (χ2n) is 4.47. The number of nitrogens with zero attached hydrogens (tertiary/aromatic N) is 1. The van der Waals surface area contributed by atoms with Gasteiger partial charge < -0.3 is 4.90 Å². The minimum atomic E-state index is 0.0188. The maximum absolute atomic E-state index is 12.0. The molecular weight excluding hydrogens is 226 g/mol. The Labute approximate surface area is 107 Å². The Morgan fingerprint density at radius 1 is 1.00 bits per heavy atom. The fraction of sp³-hybridized carbons (Fsp3) is 0.333. The third kappa shape index (κ3) is 3.55. The van der Waals surface area contributed by atoms with Crippen LogP contribution in [0.2, 0.25) is 0 Å². The standard InChI is InChI=1S/C15H17NO2/c17-14-8-4-5-11-16(15(18)10-9-14)12-13-6-2-1-3-7-13/h1-3,5-7,11H,4,8-10,12H2/b11-5-. The number of hydrogen-bond donors (Lipinski definition) is 0. The van der Waals surface area contributed by atoms with Crippen molar-refractivity contribution in [1.29, 1.82) is 0 Å². The molecule has 0 aliphatic carbocycles. The molecule has 0 unspecified atom stereocenters. The molecule has 0 atom stereocenters. The first-order valence-corrected chi connectivity index (χ1v) is 6.27. The molecule has 0 saturated heterocycles. The molecule has 2 rings (SSSR count). The normalized spacial score (nSPS) is 19.0. The minimum Gasteiger partial charge on any atom is -0.315 e. The highest BCUT2D eigenvalue weighted by Gasteiger charge is 2.14. The number of hydrogen-bond acceptors (Lipinski definition) is 2. The summed E-state index contributed by atoms with van der Waals surface area (Å²) in [7, 11) is 0. The van der Waals surface area contributed by atoms with Gasteiger partial charge in [0.05, 0.1) is 6.54 Å². The van der Waals surface area contributed by atoms with Crippen LogP contribution in [0.1, 0.15) is 31.2 Å². The van der Waals surface area contributed by atoms with E-state index in [0.717, 1.165) is 12.0 Å². The van der Waals surface area contributed by atoms with Crippen molar-refractivity contribution in [1.82, 2.24) is 4.90 Å². The largest absolute Gasteiger partial charge is 0.315 e. The van der Waals surface area contributed by atoms with E-state index in [-0.39, 0.29) is 11.7 Å². The number of rotatable bonds is 2. The van der Waals surface area contributed by atoms with Gasteiger partial charge in [0.25, 0.3) is 0 Å². The molecule has 1 aromatic rings. The number of carbonyl (C=O) groups is 2. The molecule has 1 aliphatic rings. The summed E-state index contributed by atoms with van der Waals surface area (Å²) in [6.45, 7) is 0.574. The van der Waals surface area contributed by atoms with Gasteiger partial charge in [0.1, 0.15) is 5.78 Å². The second-order valence-corrected chi connectivity index (χ2v) is 4.47. The topological polar surface area (TPSA) is 37.4 Å². The zero-order valence-electron chi connectivity index (χ0n) is 10.3. The van der Waals surface area contributed by atoms with Crippen molar-refractivity contribution in [3.63, 3.8) is 0 Å². The van der Waals surface area contributed by atoms with Gasteiger partial charge in [-0.3, -0.25) is 9.59 Å². The summed E-state index contributed by atoms with van der Waals surface area (Å²) in [6.07, 6.45) is 5.67. The van der Waals surface area contributed by atoms with Crippen LogP contribution in [0.3, 0.4) is 0 Å². The van der Waals surface area contributed by atoms with Gasteiger partial charge in [0.2, 0.25) is 5.91 Å². The van der Waals surface area contributed by atoms with Gasteiger partial charge in [-0.1, -0.05) is 36.4 Å². The van der Waals surface area contributed by atoms with Crippen LogP contribution in [-0.2, 0) is 16.1 Å². The molecule has 0 N–H and O–H groups in total. The van der Waals surface area contributed by atoms with Crippen molar-refractivity contribution in [2.24, 2.45) is 0 Å². The number of carbonyl (C=O) groups excluding carboxylic acids is 2. The van der Waals surface area contributed by atoms with Crippen LogP contribution in [0.15, 0.2) is 42.6 Å². The lowest BCUT2D eigenvalue weighted by molar-refractivity contribution is -0.131. The molecule has 1 amide bonds. The molecular formula is C15H17NO2. The van der Waals surface area contributed by atoms with Gasteiger partial charge >= 0.3 is 0 Å². The SMILES string of the molecule is O=C1CC/C=C\N(Cc2ccccc2)C(=O)CC1. The summed E-state index contributed by atoms with van der Waals surface area (Å²) in [4.78, 5) is 25.1. The Hall–Kier alpha value is -1.90. The maximum Gasteiger partial charge on any atom is 0.227 e. The van der Waals surface area contributed by atoms with Gasteiger partial charge in [-0.25, -0.2) is 0 Å². The highest BCUT2D eigenvalue weighted by molar-refractivity contribution is 5.85. The highest BCUT2D eigenvalue weighted by atomic mass is 16.2. The predicted molar refractivity (Wildman–Crippen MR) is 69.6 cm³/mol. The van der Waals surface area contributed by atoms with Gasteiger partial charge in [-0.15, -0.1) is 0 Å². The molecule has 0 saturated carbocycles. The van der Waals surface area contributed by atoms with Crippen LogP contribution in [-0.4, -0.2) is 16.6 Å². The van der Waals surface area contributed by atoms with E-state index in [1.165, 1.54) is 0 Å². The lowest BCUT2D eigenvalue weighted by Gasteiger charge is -2.18. The minimum absolute atomic E-state index is 0.0188. The molecule has 0 fully saturated rings. The molecule has 0 bridgehead atoms. The highest BCUT2D eigenvalue weighted by Crippen LogP contribution is 2.11. The molecule has 1 heterocycles. The average Bonchev–Trinajstić information content (AvgIpc) is 2.46. The van der Waals surface area contributed by atoms with Crippen LogP contribution in [0.5, 0.6) is 0 Å². The number of allylic oxidation sites excluding steroid dienone is 1. The van der Waals surface area contributed by atoms with Crippen LogP contribution in [0, 0.1) is 0 Å². The van der Waals surface area contributed by atoms with E-state index in [9.17, 15) is 9.59 Å². The molecule has 3 nitrogen and oxygen atoms in total. The Bertz CT molecular complexity index is 451. The lowest BCUT2D eigenvalue weighted by atomic mass is 10.1. The summed E-state index contributed by atoms with van der Waals surface area (Å²) >= 11 is 0. The summed E-state index contributed by atoms with van der Waals surface area (Å²) < 4.78 is 0. The zero-order valence-corrected chi connectivity index (χ0v) is 10.3. The molecule has 0 radical (unpaired) electrons. The fourth-order valence-electron chi connectivity index (χ4n) is 1.97. The molecule has 94 valence electrons. The third-order valence-corrected chi connectivity index (χ3v) is 3.01. The van der Waals surface area contributed by atoms with E-state index in [1.54, 1.807) is 4.90 Å². The first kappa shape index (κ1) is 12.6. The van der Waals surface area contributed by atoms with Crippen molar-refractivity contribution in [3.8, 4) is 0 Å². The van der Waals surface area contributed by atoms with Gasteiger partial charge in [-0.2, -0.15) is 0 Å². The predicted octanol–water partition coefficient (Wildman–Crippen LogP) is 2.67. The second kappa shape index (κ2) is 6.15. The molecule has 1 aromatic carbocycles. The average molecular weight is 243 g/mol. The van der Waals surface area contributed by atoms with E-state index < -0.39 is 0 Å². The number of benzene rings is 1. The number of amides is 1. The smallest absolute Gasteiger partial charge is 0.227 e. The van der Waals surface area contributed by atoms with E-state index >= 15 is 0 Å². The van der Waals surface area contributed by atoms with Gasteiger partial charge in [0, 0.05) is 25.5 Å². The Kier molecular flexibility index (Phi) is 4.29. The molecule has 1 aliphatic heterocycles. The van der Waals surface area contributed by atoms with Crippen LogP contribution < -0.4 is 0 Å². The lowest BCUT2D eigenvalue weighted by Crippen LogP contribution is -2.25. The van der Waals surface area contributed by atoms with Crippen molar-refractivity contribution < 1.29 is 9.59 Å². The van der Waals surface area contributed by atoms with Crippen LogP contribution >= 0.6 is 0 Å². The van der Waals surface area contributed by atoms with Crippen molar-refractivity contribution >= 4 is 11.7 Å². The van der Waals surface area contributed by atoms with Gasteiger partial charge in [-0.05, 0) is 12.0 Å². The van der Waals surface area contributed by atoms with Crippen molar-refractivity contribution in [2.45, 2.75) is 32.2 Å². The van der Waals surface area contributed by atoms with E-state index in [2.05, 4.69) is 0 Å². The molecule has 0 aromatic heterocycles. The maximum atomic E-state index is 12.0. The quantitative estimate of drug-likeness (QED) is 0.800. The first-order chi connectivity index (χ1) is 8.75. The summed E-state index contributed by atoms with van der Waals surface area (Å²) in [5, 5.41) is 0. The van der Waals surface area contributed by atoms with E-state index in [4.69, 9.17) is 0 Å².